The van der Waals surface area contributed by atoms with Crippen LogP contribution >= 0.6 is 12.2 Å². The van der Waals surface area contributed by atoms with Gasteiger partial charge in [-0.25, -0.2) is 4.79 Å². The first-order valence-electron chi connectivity index (χ1n) is 13.6. The molecular weight excluding hydrogens is 544 g/mol. The van der Waals surface area contributed by atoms with E-state index in [4.69, 9.17) is 35.9 Å². The van der Waals surface area contributed by atoms with Crippen LogP contribution in [0.4, 0.5) is 0 Å². The van der Waals surface area contributed by atoms with Gasteiger partial charge in [-0.1, -0.05) is 12.1 Å². The Morgan fingerprint density at radius 2 is 1.51 bits per heavy atom. The van der Waals surface area contributed by atoms with Crippen LogP contribution in [0.15, 0.2) is 53.2 Å². The normalized spacial score (nSPS) is 15.3. The van der Waals surface area contributed by atoms with Crippen LogP contribution in [0.3, 0.4) is 0 Å². The number of rotatable bonds is 12. The van der Waals surface area contributed by atoms with E-state index in [-0.39, 0.29) is 23.2 Å². The summed E-state index contributed by atoms with van der Waals surface area (Å²) >= 11 is 5.67. The van der Waals surface area contributed by atoms with Gasteiger partial charge in [-0.15, -0.1) is 0 Å². The number of benzene rings is 2. The first-order chi connectivity index (χ1) is 19.7. The number of ether oxygens (including phenoxy) is 5. The molecule has 0 saturated heterocycles. The summed E-state index contributed by atoms with van der Waals surface area (Å²) in [6.45, 7) is 12.3. The van der Waals surface area contributed by atoms with Crippen molar-refractivity contribution >= 4 is 35.3 Å². The Bertz CT molecular complexity index is 1350. The van der Waals surface area contributed by atoms with Gasteiger partial charge in [0.1, 0.15) is 0 Å². The lowest BCUT2D eigenvalue weighted by atomic mass is 9.92. The third-order valence-electron chi connectivity index (χ3n) is 6.25. The van der Waals surface area contributed by atoms with E-state index in [1.807, 2.05) is 26.8 Å². The number of esters is 1. The van der Waals surface area contributed by atoms with E-state index in [1.54, 1.807) is 64.3 Å². The predicted molar refractivity (Wildman–Crippen MR) is 161 cm³/mol. The summed E-state index contributed by atoms with van der Waals surface area (Å²) in [7, 11) is 1.56. The zero-order valence-electron chi connectivity index (χ0n) is 24.7. The van der Waals surface area contributed by atoms with E-state index < -0.39 is 12.0 Å². The molecule has 2 aromatic rings. The number of nitrogens with zero attached hydrogens (tertiary/aromatic N) is 1. The number of carbonyl (C=O) groups is 2. The van der Waals surface area contributed by atoms with Crippen molar-refractivity contribution in [3.05, 3.63) is 64.4 Å². The predicted octanol–water partition coefficient (Wildman–Crippen LogP) is 5.59. The van der Waals surface area contributed by atoms with Gasteiger partial charge in [0, 0.05) is 11.3 Å². The van der Waals surface area contributed by atoms with Crippen LogP contribution in [-0.4, -0.2) is 55.4 Å². The summed E-state index contributed by atoms with van der Waals surface area (Å²) in [5.74, 6) is 1.28. The smallest absolute Gasteiger partial charge is 0.338 e. The molecule has 220 valence electrons. The van der Waals surface area contributed by atoms with Crippen molar-refractivity contribution in [3.63, 3.8) is 0 Å². The Labute approximate surface area is 247 Å². The van der Waals surface area contributed by atoms with Crippen LogP contribution in [0.1, 0.15) is 58.7 Å². The summed E-state index contributed by atoms with van der Waals surface area (Å²) in [5.41, 5.74) is 2.53. The largest absolute Gasteiger partial charge is 0.493 e. The maximum Gasteiger partial charge on any atom is 0.338 e. The molecule has 0 spiro atoms. The molecule has 0 radical (unpaired) electrons. The van der Waals surface area contributed by atoms with E-state index >= 15 is 0 Å². The highest BCUT2D eigenvalue weighted by molar-refractivity contribution is 7.80. The summed E-state index contributed by atoms with van der Waals surface area (Å²) in [5, 5.41) is 3.19. The minimum Gasteiger partial charge on any atom is -0.493 e. The van der Waals surface area contributed by atoms with E-state index in [0.29, 0.717) is 59.7 Å². The van der Waals surface area contributed by atoms with Gasteiger partial charge >= 0.3 is 5.97 Å². The molecule has 1 unspecified atom stereocenters. The van der Waals surface area contributed by atoms with Crippen molar-refractivity contribution in [2.24, 2.45) is 0 Å². The number of hydrogen-bond donors (Lipinski definition) is 1. The van der Waals surface area contributed by atoms with Crippen LogP contribution < -0.4 is 24.3 Å². The standard InChI is InChI=1S/C31H38N2O7S/c1-8-37-23-14-12-21(17-25(23)36-7)16-19(5)29(34)33-28(27(30(35)40-11-4)20(6)32-31(33)41)22-13-15-24(38-9-2)26(18-22)39-10-3/h12-18,28H,8-11H2,1-7H3,(H,32,41)/b19-16+. The third-order valence-corrected chi connectivity index (χ3v) is 6.55. The first-order valence-corrected chi connectivity index (χ1v) is 14.0. The van der Waals surface area contributed by atoms with Crippen LogP contribution in [0, 0.1) is 0 Å². The zero-order chi connectivity index (χ0) is 30.1. The maximum atomic E-state index is 14.1. The lowest BCUT2D eigenvalue weighted by Crippen LogP contribution is -2.51. The summed E-state index contributed by atoms with van der Waals surface area (Å²) in [6, 6.07) is 9.89. The minimum atomic E-state index is -0.872. The van der Waals surface area contributed by atoms with Gasteiger partial charge < -0.3 is 29.0 Å². The number of methoxy groups -OCH3 is 1. The number of allylic oxidation sites excluding steroid dienone is 1. The van der Waals surface area contributed by atoms with Gasteiger partial charge in [-0.2, -0.15) is 0 Å². The molecule has 2 aromatic carbocycles. The lowest BCUT2D eigenvalue weighted by molar-refractivity contribution is -0.139. The van der Waals surface area contributed by atoms with E-state index in [2.05, 4.69) is 5.32 Å². The molecule has 1 heterocycles. The van der Waals surface area contributed by atoms with E-state index in [0.717, 1.165) is 5.56 Å². The van der Waals surface area contributed by atoms with Crippen molar-refractivity contribution in [3.8, 4) is 23.0 Å². The Morgan fingerprint density at radius 3 is 2.12 bits per heavy atom. The minimum absolute atomic E-state index is 0.161. The quantitative estimate of drug-likeness (QED) is 0.195. The Hall–Kier alpha value is -4.05. The summed E-state index contributed by atoms with van der Waals surface area (Å²) < 4.78 is 28.1. The fourth-order valence-corrected chi connectivity index (χ4v) is 4.87. The highest BCUT2D eigenvalue weighted by Gasteiger charge is 2.40. The van der Waals surface area contributed by atoms with Gasteiger partial charge in [-0.05, 0) is 95.2 Å². The monoisotopic (exact) mass is 582 g/mol. The molecule has 1 amide bonds. The second kappa shape index (κ2) is 14.5. The second-order valence-corrected chi connectivity index (χ2v) is 9.40. The second-order valence-electron chi connectivity index (χ2n) is 9.01. The van der Waals surface area contributed by atoms with Gasteiger partial charge in [0.15, 0.2) is 28.1 Å². The molecule has 0 aliphatic carbocycles. The average Bonchev–Trinajstić information content (AvgIpc) is 2.94. The van der Waals surface area contributed by atoms with Crippen molar-refractivity contribution in [1.29, 1.82) is 0 Å². The van der Waals surface area contributed by atoms with Gasteiger partial charge in [-0.3, -0.25) is 9.69 Å². The van der Waals surface area contributed by atoms with Crippen molar-refractivity contribution in [2.45, 2.75) is 47.6 Å². The van der Waals surface area contributed by atoms with E-state index in [1.165, 1.54) is 4.90 Å². The molecule has 0 fully saturated rings. The highest BCUT2D eigenvalue weighted by atomic mass is 32.1. The van der Waals surface area contributed by atoms with Crippen molar-refractivity contribution < 1.29 is 33.3 Å². The summed E-state index contributed by atoms with van der Waals surface area (Å²) in [6.07, 6.45) is 1.74. The number of nitrogens with one attached hydrogen (secondary N) is 1. The van der Waals surface area contributed by atoms with Crippen LogP contribution in [-0.2, 0) is 14.3 Å². The van der Waals surface area contributed by atoms with Crippen LogP contribution in [0.25, 0.3) is 6.08 Å². The zero-order valence-corrected chi connectivity index (χ0v) is 25.5. The molecule has 3 rings (SSSR count). The molecule has 1 atom stereocenters. The topological polar surface area (TPSA) is 95.6 Å². The molecule has 9 nitrogen and oxygen atoms in total. The molecule has 41 heavy (non-hydrogen) atoms. The molecular formula is C31H38N2O7S. The molecule has 10 heteroatoms. The molecule has 0 aromatic heterocycles. The average molecular weight is 583 g/mol. The Balaban J connectivity index is 2.14. The van der Waals surface area contributed by atoms with Gasteiger partial charge in [0.05, 0.1) is 45.2 Å². The number of amides is 1. The SMILES string of the molecule is CCOC(=O)C1=C(C)NC(=S)N(C(=O)/C(C)=C/c2ccc(OCC)c(OC)c2)C1c1ccc(OCC)c(OCC)c1. The summed E-state index contributed by atoms with van der Waals surface area (Å²) in [4.78, 5) is 28.7. The Morgan fingerprint density at radius 1 is 0.902 bits per heavy atom. The van der Waals surface area contributed by atoms with E-state index in [9.17, 15) is 9.59 Å². The third kappa shape index (κ3) is 7.18. The first kappa shape index (κ1) is 31.5. The van der Waals surface area contributed by atoms with Crippen molar-refractivity contribution in [1.82, 2.24) is 10.2 Å². The number of thiocarbonyl (C=S) groups is 1. The number of carbonyl (C=O) groups excluding carboxylic acids is 2. The number of hydrogen-bond acceptors (Lipinski definition) is 8. The lowest BCUT2D eigenvalue weighted by Gasteiger charge is -2.38. The Kier molecular flexibility index (Phi) is 11.2. The maximum absolute atomic E-state index is 14.1. The fourth-order valence-electron chi connectivity index (χ4n) is 4.53. The van der Waals surface area contributed by atoms with Gasteiger partial charge in [0.25, 0.3) is 5.91 Å². The molecule has 1 N–H and O–H groups in total. The van der Waals surface area contributed by atoms with Crippen LogP contribution in [0.2, 0.25) is 0 Å². The molecule has 1 aliphatic rings. The van der Waals surface area contributed by atoms with Crippen molar-refractivity contribution in [2.75, 3.05) is 33.5 Å². The molecule has 0 bridgehead atoms. The fraction of sp³-hybridized carbons (Fsp3) is 0.387. The van der Waals surface area contributed by atoms with Gasteiger partial charge in [0.2, 0.25) is 0 Å². The molecule has 0 saturated carbocycles. The van der Waals surface area contributed by atoms with Crippen LogP contribution in [0.5, 0.6) is 23.0 Å². The molecule has 1 aliphatic heterocycles. The highest BCUT2D eigenvalue weighted by Crippen LogP contribution is 2.39.